The zero-order valence-corrected chi connectivity index (χ0v) is 15.3. The topological polar surface area (TPSA) is 61.3 Å². The van der Waals surface area contributed by atoms with Gasteiger partial charge in [0.15, 0.2) is 0 Å². The van der Waals surface area contributed by atoms with Crippen LogP contribution in [-0.4, -0.2) is 45.9 Å². The van der Waals surface area contributed by atoms with Crippen LogP contribution in [-0.2, 0) is 6.18 Å². The second-order valence-corrected chi connectivity index (χ2v) is 6.87. The molecule has 0 saturated carbocycles. The number of benzene rings is 1. The molecule has 3 rings (SSSR count). The van der Waals surface area contributed by atoms with Gasteiger partial charge in [0.05, 0.1) is 11.3 Å². The summed E-state index contributed by atoms with van der Waals surface area (Å²) in [4.78, 5) is 2.37. The maximum Gasteiger partial charge on any atom is 0.416 e. The van der Waals surface area contributed by atoms with Crippen molar-refractivity contribution in [1.82, 2.24) is 15.1 Å². The standard InChI is InChI=1S/C19H23F3N4O/c1-3-26-8-4-5-14(11-26)23-17-7-6-15(24-25-17)18-12(2)9-13(10-16(18)27)19(20,21)22/h6-7,9-10,14,27H,3-5,8,11H2,1-2H3,(H,23,25)/t14-/m1/s1. The first-order valence-electron chi connectivity index (χ1n) is 9.01. The molecule has 0 aliphatic carbocycles. The van der Waals surface area contributed by atoms with Crippen LogP contribution in [0.4, 0.5) is 19.0 Å². The van der Waals surface area contributed by atoms with E-state index in [0.29, 0.717) is 23.1 Å². The van der Waals surface area contributed by atoms with Crippen molar-refractivity contribution in [2.45, 2.75) is 38.9 Å². The Hall–Kier alpha value is -2.35. The molecule has 0 radical (unpaired) electrons. The van der Waals surface area contributed by atoms with Crippen LogP contribution in [0, 0.1) is 6.92 Å². The number of piperidine rings is 1. The van der Waals surface area contributed by atoms with Crippen LogP contribution in [0.5, 0.6) is 5.75 Å². The number of likely N-dealkylation sites (tertiary alicyclic amines) is 1. The van der Waals surface area contributed by atoms with Crippen LogP contribution in [0.3, 0.4) is 0 Å². The average Bonchev–Trinajstić information content (AvgIpc) is 2.62. The largest absolute Gasteiger partial charge is 0.507 e. The quantitative estimate of drug-likeness (QED) is 0.837. The van der Waals surface area contributed by atoms with Crippen molar-refractivity contribution in [2.24, 2.45) is 0 Å². The highest BCUT2D eigenvalue weighted by atomic mass is 19.4. The van der Waals surface area contributed by atoms with Gasteiger partial charge in [0.1, 0.15) is 11.6 Å². The van der Waals surface area contributed by atoms with Crippen LogP contribution in [0.1, 0.15) is 30.9 Å². The van der Waals surface area contributed by atoms with Crippen LogP contribution in [0.2, 0.25) is 0 Å². The van der Waals surface area contributed by atoms with Gasteiger partial charge in [0, 0.05) is 18.2 Å². The number of nitrogens with zero attached hydrogens (tertiary/aromatic N) is 3. The molecule has 27 heavy (non-hydrogen) atoms. The average molecular weight is 380 g/mol. The van der Waals surface area contributed by atoms with Gasteiger partial charge in [0.25, 0.3) is 0 Å². The van der Waals surface area contributed by atoms with E-state index in [1.54, 1.807) is 12.1 Å². The molecule has 1 saturated heterocycles. The first-order valence-corrected chi connectivity index (χ1v) is 9.01. The number of phenols is 1. The minimum Gasteiger partial charge on any atom is -0.507 e. The van der Waals surface area contributed by atoms with Crippen LogP contribution in [0.25, 0.3) is 11.3 Å². The summed E-state index contributed by atoms with van der Waals surface area (Å²) < 4.78 is 38.6. The maximum absolute atomic E-state index is 12.9. The highest BCUT2D eigenvalue weighted by molar-refractivity contribution is 5.71. The molecule has 8 heteroatoms. The normalized spacial score (nSPS) is 18.5. The number of halogens is 3. The zero-order valence-electron chi connectivity index (χ0n) is 15.3. The third kappa shape index (κ3) is 4.50. The minimum absolute atomic E-state index is 0.261. The first-order chi connectivity index (χ1) is 12.8. The van der Waals surface area contributed by atoms with Crippen molar-refractivity contribution in [1.29, 1.82) is 0 Å². The molecule has 0 amide bonds. The fourth-order valence-corrected chi connectivity index (χ4v) is 3.48. The molecule has 2 heterocycles. The summed E-state index contributed by atoms with van der Waals surface area (Å²) in [7, 11) is 0. The SMILES string of the molecule is CCN1CCC[C@@H](Nc2ccc(-c3c(C)cc(C(F)(F)F)cc3O)nn2)C1. The Labute approximate surface area is 156 Å². The molecule has 1 atom stereocenters. The van der Waals surface area contributed by atoms with Gasteiger partial charge >= 0.3 is 6.18 Å². The predicted molar refractivity (Wildman–Crippen MR) is 97.6 cm³/mol. The van der Waals surface area contributed by atoms with Gasteiger partial charge in [-0.1, -0.05) is 6.92 Å². The van der Waals surface area contributed by atoms with Gasteiger partial charge in [-0.15, -0.1) is 10.2 Å². The summed E-state index contributed by atoms with van der Waals surface area (Å²) in [5.41, 5.74) is 0.00783. The lowest BCUT2D eigenvalue weighted by Gasteiger charge is -2.32. The Morgan fingerprint density at radius 1 is 1.26 bits per heavy atom. The lowest BCUT2D eigenvalue weighted by atomic mass is 10.0. The molecule has 0 bridgehead atoms. The monoisotopic (exact) mass is 380 g/mol. The van der Waals surface area contributed by atoms with Crippen molar-refractivity contribution in [2.75, 3.05) is 25.0 Å². The van der Waals surface area contributed by atoms with Crippen molar-refractivity contribution < 1.29 is 18.3 Å². The summed E-state index contributed by atoms with van der Waals surface area (Å²) in [6.45, 7) is 6.70. The molecule has 2 aromatic rings. The molecule has 5 nitrogen and oxygen atoms in total. The third-order valence-corrected chi connectivity index (χ3v) is 4.87. The number of alkyl halides is 3. The van der Waals surface area contributed by atoms with Crippen molar-refractivity contribution in [3.63, 3.8) is 0 Å². The molecule has 1 aromatic heterocycles. The first kappa shape index (κ1) is 19.4. The van der Waals surface area contributed by atoms with E-state index in [1.807, 2.05) is 0 Å². The number of aromatic hydroxyl groups is 1. The summed E-state index contributed by atoms with van der Waals surface area (Å²) >= 11 is 0. The van der Waals surface area contributed by atoms with Gasteiger partial charge in [-0.25, -0.2) is 0 Å². The number of hydrogen-bond acceptors (Lipinski definition) is 5. The van der Waals surface area contributed by atoms with E-state index in [2.05, 4.69) is 27.3 Å². The molecular formula is C19H23F3N4O. The zero-order chi connectivity index (χ0) is 19.6. The number of aryl methyl sites for hydroxylation is 1. The minimum atomic E-state index is -4.51. The van der Waals surface area contributed by atoms with Crippen LogP contribution in [0.15, 0.2) is 24.3 Å². The van der Waals surface area contributed by atoms with E-state index >= 15 is 0 Å². The number of anilines is 1. The van der Waals surface area contributed by atoms with E-state index in [1.165, 1.54) is 6.92 Å². The van der Waals surface area contributed by atoms with Crippen LogP contribution < -0.4 is 5.32 Å². The van der Waals surface area contributed by atoms with E-state index in [-0.39, 0.29) is 5.56 Å². The van der Waals surface area contributed by atoms with Crippen molar-refractivity contribution in [3.05, 3.63) is 35.4 Å². The summed E-state index contributed by atoms with van der Waals surface area (Å²) in [6.07, 6.45) is -2.33. The van der Waals surface area contributed by atoms with E-state index in [0.717, 1.165) is 44.6 Å². The Morgan fingerprint density at radius 3 is 2.63 bits per heavy atom. The Kier molecular flexibility index (Phi) is 5.55. The van der Waals surface area contributed by atoms with E-state index < -0.39 is 17.5 Å². The van der Waals surface area contributed by atoms with E-state index in [9.17, 15) is 18.3 Å². The Bertz CT molecular complexity index is 770. The second kappa shape index (κ2) is 7.72. The van der Waals surface area contributed by atoms with Crippen LogP contribution >= 0.6 is 0 Å². The molecule has 2 N–H and O–H groups in total. The predicted octanol–water partition coefficient (Wildman–Crippen LogP) is 4.07. The molecule has 1 aliphatic heterocycles. The summed E-state index contributed by atoms with van der Waals surface area (Å²) in [6, 6.07) is 5.41. The fraction of sp³-hybridized carbons (Fsp3) is 0.474. The molecule has 0 unspecified atom stereocenters. The maximum atomic E-state index is 12.9. The van der Waals surface area contributed by atoms with Gasteiger partial charge in [-0.05, 0) is 62.7 Å². The van der Waals surface area contributed by atoms with Gasteiger partial charge in [-0.3, -0.25) is 0 Å². The summed E-state index contributed by atoms with van der Waals surface area (Å²) in [5.74, 6) is 0.161. The number of hydrogen-bond donors (Lipinski definition) is 2. The number of likely N-dealkylation sites (N-methyl/N-ethyl adjacent to an activating group) is 1. The molecule has 1 aromatic carbocycles. The fourth-order valence-electron chi connectivity index (χ4n) is 3.48. The molecule has 146 valence electrons. The van der Waals surface area contributed by atoms with Gasteiger partial charge in [0.2, 0.25) is 0 Å². The highest BCUT2D eigenvalue weighted by Crippen LogP contribution is 2.38. The highest BCUT2D eigenvalue weighted by Gasteiger charge is 2.32. The van der Waals surface area contributed by atoms with Gasteiger partial charge < -0.3 is 15.3 Å². The number of phenolic OH excluding ortho intramolecular Hbond substituents is 1. The molecule has 1 aliphatic rings. The number of aromatic nitrogens is 2. The smallest absolute Gasteiger partial charge is 0.416 e. The third-order valence-electron chi connectivity index (χ3n) is 4.87. The summed E-state index contributed by atoms with van der Waals surface area (Å²) in [5, 5.41) is 21.7. The molecule has 0 spiro atoms. The number of rotatable bonds is 4. The Balaban J connectivity index is 1.78. The van der Waals surface area contributed by atoms with Crippen molar-refractivity contribution >= 4 is 5.82 Å². The van der Waals surface area contributed by atoms with Gasteiger partial charge in [-0.2, -0.15) is 13.2 Å². The lowest BCUT2D eigenvalue weighted by Crippen LogP contribution is -2.42. The van der Waals surface area contributed by atoms with Crippen molar-refractivity contribution in [3.8, 4) is 17.0 Å². The lowest BCUT2D eigenvalue weighted by molar-refractivity contribution is -0.137. The molecule has 1 fully saturated rings. The number of nitrogens with one attached hydrogen (secondary N) is 1. The van der Waals surface area contributed by atoms with E-state index in [4.69, 9.17) is 0 Å². The second-order valence-electron chi connectivity index (χ2n) is 6.87. The molecular weight excluding hydrogens is 357 g/mol. The Morgan fingerprint density at radius 2 is 2.04 bits per heavy atom.